The fraction of sp³-hybridized carbons (Fsp3) is 0.263. The number of ether oxygens (including phenoxy) is 3. The van der Waals surface area contributed by atoms with Gasteiger partial charge < -0.3 is 14.2 Å². The van der Waals surface area contributed by atoms with E-state index in [0.717, 1.165) is 12.0 Å². The zero-order valence-corrected chi connectivity index (χ0v) is 14.2. The SMILES string of the molecule is CCc1cc(C(=O)c2ccc(C(=O)OC)cc2)c(OC)cc1OC. The number of ketones is 1. The van der Waals surface area contributed by atoms with Crippen LogP contribution in [0.1, 0.15) is 38.8 Å². The topological polar surface area (TPSA) is 61.8 Å². The molecule has 0 unspecified atom stereocenters. The van der Waals surface area contributed by atoms with Crippen LogP contribution in [0.2, 0.25) is 0 Å². The fourth-order valence-corrected chi connectivity index (χ4v) is 2.45. The van der Waals surface area contributed by atoms with Gasteiger partial charge in [0, 0.05) is 11.6 Å². The van der Waals surface area contributed by atoms with E-state index in [9.17, 15) is 9.59 Å². The van der Waals surface area contributed by atoms with E-state index in [1.165, 1.54) is 14.2 Å². The Morgan fingerprint density at radius 1 is 0.875 bits per heavy atom. The van der Waals surface area contributed by atoms with Gasteiger partial charge in [-0.2, -0.15) is 0 Å². The highest BCUT2D eigenvalue weighted by atomic mass is 16.5. The minimum Gasteiger partial charge on any atom is -0.496 e. The largest absolute Gasteiger partial charge is 0.496 e. The molecule has 24 heavy (non-hydrogen) atoms. The zero-order valence-electron chi connectivity index (χ0n) is 14.2. The summed E-state index contributed by atoms with van der Waals surface area (Å²) in [5.74, 6) is 0.517. The second-order valence-corrected chi connectivity index (χ2v) is 5.12. The quantitative estimate of drug-likeness (QED) is 0.601. The lowest BCUT2D eigenvalue weighted by molar-refractivity contribution is 0.0600. The van der Waals surface area contributed by atoms with Gasteiger partial charge in [0.05, 0.1) is 32.5 Å². The molecule has 5 nitrogen and oxygen atoms in total. The third kappa shape index (κ3) is 3.40. The second-order valence-electron chi connectivity index (χ2n) is 5.12. The average molecular weight is 328 g/mol. The second kappa shape index (κ2) is 7.64. The summed E-state index contributed by atoms with van der Waals surface area (Å²) in [6, 6.07) is 9.84. The molecule has 0 bridgehead atoms. The minimum atomic E-state index is -0.440. The zero-order chi connectivity index (χ0) is 17.7. The Morgan fingerprint density at radius 2 is 1.46 bits per heavy atom. The summed E-state index contributed by atoms with van der Waals surface area (Å²) in [7, 11) is 4.41. The van der Waals surface area contributed by atoms with Crippen molar-refractivity contribution >= 4 is 11.8 Å². The molecule has 0 N–H and O–H groups in total. The van der Waals surface area contributed by atoms with Gasteiger partial charge in [-0.25, -0.2) is 4.79 Å². The van der Waals surface area contributed by atoms with Gasteiger partial charge in [0.25, 0.3) is 0 Å². The normalized spacial score (nSPS) is 10.2. The smallest absolute Gasteiger partial charge is 0.337 e. The van der Waals surface area contributed by atoms with Gasteiger partial charge in [0.15, 0.2) is 5.78 Å². The summed E-state index contributed by atoms with van der Waals surface area (Å²) in [6.45, 7) is 1.99. The fourth-order valence-electron chi connectivity index (χ4n) is 2.45. The molecule has 0 heterocycles. The van der Waals surface area contributed by atoms with Gasteiger partial charge in [0.1, 0.15) is 11.5 Å². The first-order chi connectivity index (χ1) is 11.5. The van der Waals surface area contributed by atoms with E-state index < -0.39 is 5.97 Å². The highest BCUT2D eigenvalue weighted by Gasteiger charge is 2.18. The first kappa shape index (κ1) is 17.5. The molecule has 2 aromatic carbocycles. The van der Waals surface area contributed by atoms with Crippen LogP contribution >= 0.6 is 0 Å². The van der Waals surface area contributed by atoms with Gasteiger partial charge in [-0.3, -0.25) is 4.79 Å². The van der Waals surface area contributed by atoms with Gasteiger partial charge in [-0.1, -0.05) is 19.1 Å². The molecule has 0 aliphatic carbocycles. The number of esters is 1. The molecule has 0 saturated heterocycles. The van der Waals surface area contributed by atoms with Gasteiger partial charge in [-0.05, 0) is 30.2 Å². The van der Waals surface area contributed by atoms with Crippen LogP contribution in [0, 0.1) is 0 Å². The molecule has 0 aromatic heterocycles. The van der Waals surface area contributed by atoms with Crippen molar-refractivity contribution in [3.8, 4) is 11.5 Å². The number of rotatable bonds is 6. The van der Waals surface area contributed by atoms with Crippen molar-refractivity contribution in [2.45, 2.75) is 13.3 Å². The summed E-state index contributed by atoms with van der Waals surface area (Å²) in [6.07, 6.45) is 0.731. The number of carbonyl (C=O) groups is 2. The summed E-state index contributed by atoms with van der Waals surface area (Å²) in [5.41, 5.74) is 2.24. The molecule has 2 rings (SSSR count). The molecule has 0 saturated carbocycles. The van der Waals surface area contributed by atoms with Gasteiger partial charge in [-0.15, -0.1) is 0 Å². The highest BCUT2D eigenvalue weighted by Crippen LogP contribution is 2.31. The summed E-state index contributed by atoms with van der Waals surface area (Å²) < 4.78 is 15.3. The molecule has 2 aromatic rings. The van der Waals surface area contributed by atoms with E-state index in [0.29, 0.717) is 28.2 Å². The van der Waals surface area contributed by atoms with Crippen LogP contribution in [-0.2, 0) is 11.2 Å². The van der Waals surface area contributed by atoms with Crippen molar-refractivity contribution in [3.63, 3.8) is 0 Å². The Kier molecular flexibility index (Phi) is 5.58. The molecule has 0 radical (unpaired) electrons. The first-order valence-corrected chi connectivity index (χ1v) is 7.53. The van der Waals surface area contributed by atoms with Crippen molar-refractivity contribution < 1.29 is 23.8 Å². The molecule has 0 atom stereocenters. The van der Waals surface area contributed by atoms with E-state index >= 15 is 0 Å². The third-order valence-electron chi connectivity index (χ3n) is 3.80. The number of methoxy groups -OCH3 is 3. The summed E-state index contributed by atoms with van der Waals surface area (Å²) >= 11 is 0. The molecule has 0 spiro atoms. The predicted octanol–water partition coefficient (Wildman–Crippen LogP) is 3.28. The van der Waals surface area contributed by atoms with Crippen LogP contribution in [0.15, 0.2) is 36.4 Å². The van der Waals surface area contributed by atoms with E-state index in [2.05, 4.69) is 4.74 Å². The minimum absolute atomic E-state index is 0.180. The van der Waals surface area contributed by atoms with Crippen LogP contribution < -0.4 is 9.47 Å². The lowest BCUT2D eigenvalue weighted by Crippen LogP contribution is -2.07. The van der Waals surface area contributed by atoms with E-state index in [4.69, 9.17) is 9.47 Å². The van der Waals surface area contributed by atoms with Crippen molar-refractivity contribution in [1.82, 2.24) is 0 Å². The number of aryl methyl sites for hydroxylation is 1. The molecule has 5 heteroatoms. The van der Waals surface area contributed by atoms with Crippen molar-refractivity contribution in [2.24, 2.45) is 0 Å². The van der Waals surface area contributed by atoms with E-state index in [1.54, 1.807) is 43.5 Å². The Hall–Kier alpha value is -2.82. The predicted molar refractivity (Wildman–Crippen MR) is 90.1 cm³/mol. The molecular formula is C19H20O5. The van der Waals surface area contributed by atoms with E-state index in [1.807, 2.05) is 6.92 Å². The lowest BCUT2D eigenvalue weighted by atomic mass is 9.98. The van der Waals surface area contributed by atoms with Crippen LogP contribution in [0.25, 0.3) is 0 Å². The Morgan fingerprint density at radius 3 is 1.96 bits per heavy atom. The molecule has 0 aliphatic rings. The molecule has 0 amide bonds. The Labute approximate surface area is 141 Å². The third-order valence-corrected chi connectivity index (χ3v) is 3.80. The summed E-state index contributed by atoms with van der Waals surface area (Å²) in [5, 5.41) is 0. The molecule has 0 fully saturated rings. The van der Waals surface area contributed by atoms with Crippen molar-refractivity contribution in [2.75, 3.05) is 21.3 Å². The Balaban J connectivity index is 2.43. The van der Waals surface area contributed by atoms with Gasteiger partial charge >= 0.3 is 5.97 Å². The summed E-state index contributed by atoms with van der Waals surface area (Å²) in [4.78, 5) is 24.3. The Bertz CT molecular complexity index is 747. The van der Waals surface area contributed by atoms with E-state index in [-0.39, 0.29) is 5.78 Å². The van der Waals surface area contributed by atoms with Crippen molar-refractivity contribution in [3.05, 3.63) is 58.7 Å². The van der Waals surface area contributed by atoms with Crippen LogP contribution in [-0.4, -0.2) is 33.1 Å². The monoisotopic (exact) mass is 328 g/mol. The number of benzene rings is 2. The standard InChI is InChI=1S/C19H20O5/c1-5-12-10-15(17(23-3)11-16(12)22-2)18(20)13-6-8-14(9-7-13)19(21)24-4/h6-11H,5H2,1-4H3. The molecule has 0 aliphatic heterocycles. The van der Waals surface area contributed by atoms with Crippen LogP contribution in [0.5, 0.6) is 11.5 Å². The lowest BCUT2D eigenvalue weighted by Gasteiger charge is -2.13. The number of hydrogen-bond donors (Lipinski definition) is 0. The number of carbonyl (C=O) groups excluding carboxylic acids is 2. The first-order valence-electron chi connectivity index (χ1n) is 7.53. The van der Waals surface area contributed by atoms with Gasteiger partial charge in [0.2, 0.25) is 0 Å². The molecule has 126 valence electrons. The number of hydrogen-bond acceptors (Lipinski definition) is 5. The average Bonchev–Trinajstić information content (AvgIpc) is 2.65. The van der Waals surface area contributed by atoms with Crippen molar-refractivity contribution in [1.29, 1.82) is 0 Å². The maximum absolute atomic E-state index is 12.8. The van der Waals surface area contributed by atoms with Crippen LogP contribution in [0.3, 0.4) is 0 Å². The molecular weight excluding hydrogens is 308 g/mol. The van der Waals surface area contributed by atoms with Crippen LogP contribution in [0.4, 0.5) is 0 Å². The maximum Gasteiger partial charge on any atom is 0.337 e. The maximum atomic E-state index is 12.8. The highest BCUT2D eigenvalue weighted by molar-refractivity contribution is 6.11.